The number of rotatable bonds is 1. The van der Waals surface area contributed by atoms with Crippen molar-refractivity contribution in [3.05, 3.63) is 0 Å². The van der Waals surface area contributed by atoms with Crippen molar-refractivity contribution in [3.8, 4) is 0 Å². The Labute approximate surface area is 77.1 Å². The molecule has 0 amide bonds. The molecular weight excluding hydrogens is 127 g/mol. The molecule has 1 aliphatic rings. The van der Waals surface area contributed by atoms with Gasteiger partial charge < -0.3 is 10.0 Å². The Morgan fingerprint density at radius 1 is 1.78 bits per heavy atom. The maximum absolute atomic E-state index is 8.89. The van der Waals surface area contributed by atoms with Gasteiger partial charge in [0.1, 0.15) is 6.23 Å². The van der Waals surface area contributed by atoms with Crippen molar-refractivity contribution in [1.82, 2.24) is 4.90 Å². The van der Waals surface area contributed by atoms with E-state index in [0.29, 0.717) is 0 Å². The predicted molar refractivity (Wildman–Crippen MR) is 38.9 cm³/mol. The molecule has 1 unspecified atom stereocenters. The van der Waals surface area contributed by atoms with Crippen LogP contribution < -0.4 is 0 Å². The molecule has 0 bridgehead atoms. The molecule has 1 rings (SSSR count). The van der Waals surface area contributed by atoms with Crippen molar-refractivity contribution in [2.24, 2.45) is 4.99 Å². The van der Waals surface area contributed by atoms with Gasteiger partial charge in [0.2, 0.25) is 0 Å². The van der Waals surface area contributed by atoms with E-state index in [4.69, 9.17) is 5.11 Å². The van der Waals surface area contributed by atoms with Crippen LogP contribution in [0.5, 0.6) is 0 Å². The van der Waals surface area contributed by atoms with Crippen LogP contribution in [0.3, 0.4) is 0 Å². The summed E-state index contributed by atoms with van der Waals surface area (Å²) in [5.41, 5.74) is 0. The Hall–Kier alpha value is 0.430. The van der Waals surface area contributed by atoms with Crippen molar-refractivity contribution in [1.29, 1.82) is 0 Å². The number of hydrogen-bond donors (Lipinski definition) is 1. The molecule has 0 aromatic rings. The Balaban J connectivity index is 0.000000640. The van der Waals surface area contributed by atoms with Gasteiger partial charge in [-0.1, -0.05) is 0 Å². The Morgan fingerprint density at radius 2 is 2.44 bits per heavy atom. The summed E-state index contributed by atoms with van der Waals surface area (Å²) in [6, 6.07) is 0. The second kappa shape index (κ2) is 4.28. The number of nitrogens with zero attached hydrogens (tertiary/aromatic N) is 2. The summed E-state index contributed by atoms with van der Waals surface area (Å²) in [4.78, 5) is 5.72. The van der Waals surface area contributed by atoms with Crippen LogP contribution in [0.2, 0.25) is 0 Å². The summed E-state index contributed by atoms with van der Waals surface area (Å²) < 4.78 is 0. The van der Waals surface area contributed by atoms with Crippen molar-refractivity contribution < 1.29 is 5.11 Å². The van der Waals surface area contributed by atoms with Crippen LogP contribution in [0.15, 0.2) is 4.99 Å². The van der Waals surface area contributed by atoms with E-state index in [1.807, 2.05) is 0 Å². The summed E-state index contributed by atoms with van der Waals surface area (Å²) in [5.74, 6) is 0. The van der Waals surface area contributed by atoms with Crippen LogP contribution in [-0.4, -0.2) is 65.2 Å². The third-order valence-electron chi connectivity index (χ3n) is 1.20. The van der Waals surface area contributed by atoms with Gasteiger partial charge in [-0.3, -0.25) is 4.99 Å². The van der Waals surface area contributed by atoms with Crippen LogP contribution in [0.25, 0.3) is 0 Å². The first-order chi connectivity index (χ1) is 3.80. The van der Waals surface area contributed by atoms with E-state index in [1.165, 1.54) is 0 Å². The molecule has 0 spiro atoms. The first-order valence-corrected chi connectivity index (χ1v) is 2.74. The average molecular weight is 138 g/mol. The van der Waals surface area contributed by atoms with Gasteiger partial charge in [0, 0.05) is 6.54 Å². The van der Waals surface area contributed by atoms with E-state index in [2.05, 4.69) is 4.99 Å². The predicted octanol–water partition coefficient (Wildman–Crippen LogP) is -0.980. The Morgan fingerprint density at radius 3 is 2.67 bits per heavy atom. The number of hydrogen-bond acceptors (Lipinski definition) is 3. The first-order valence-electron chi connectivity index (χ1n) is 2.74. The van der Waals surface area contributed by atoms with Crippen LogP contribution in [-0.2, 0) is 0 Å². The van der Waals surface area contributed by atoms with Crippen LogP contribution in [0.1, 0.15) is 6.92 Å². The van der Waals surface area contributed by atoms with Crippen molar-refractivity contribution >= 4 is 35.9 Å². The van der Waals surface area contributed by atoms with Crippen molar-refractivity contribution in [2.75, 3.05) is 13.1 Å². The van der Waals surface area contributed by atoms with Gasteiger partial charge in [0.15, 0.2) is 0 Å². The number of aliphatic hydroxyl groups is 1. The minimum absolute atomic E-state index is 0. The first kappa shape index (κ1) is 9.43. The molecule has 0 fully saturated rings. The second-order valence-corrected chi connectivity index (χ2v) is 1.89. The molecule has 1 heterocycles. The Kier molecular flexibility index (Phi) is 4.48. The standard InChI is InChI=1S/C5H10N2O.Na.H/c1-5(8)7-3-2-6-4-7;;/h4-5,8H,2-3H2,1H3;;. The fourth-order valence-corrected chi connectivity index (χ4v) is 0.677. The fourth-order valence-electron chi connectivity index (χ4n) is 0.677. The molecule has 4 heteroatoms. The van der Waals surface area contributed by atoms with E-state index in [9.17, 15) is 0 Å². The zero-order valence-corrected chi connectivity index (χ0v) is 4.91. The number of aliphatic hydroxyl groups excluding tert-OH is 1. The van der Waals surface area contributed by atoms with Gasteiger partial charge in [-0.25, -0.2) is 0 Å². The van der Waals surface area contributed by atoms with Crippen LogP contribution in [0.4, 0.5) is 0 Å². The molecule has 0 aliphatic carbocycles. The zero-order valence-electron chi connectivity index (χ0n) is 4.91. The Bertz CT molecular complexity index is 105. The molecule has 0 saturated heterocycles. The molecule has 9 heavy (non-hydrogen) atoms. The monoisotopic (exact) mass is 138 g/mol. The van der Waals surface area contributed by atoms with Crippen LogP contribution >= 0.6 is 0 Å². The van der Waals surface area contributed by atoms with Crippen molar-refractivity contribution in [3.63, 3.8) is 0 Å². The molecule has 48 valence electrons. The third kappa shape index (κ3) is 2.67. The zero-order chi connectivity index (χ0) is 5.98. The molecule has 0 saturated carbocycles. The molecule has 3 nitrogen and oxygen atoms in total. The van der Waals surface area contributed by atoms with E-state index in [0.717, 1.165) is 13.1 Å². The summed E-state index contributed by atoms with van der Waals surface area (Å²) in [5, 5.41) is 8.89. The van der Waals surface area contributed by atoms with E-state index >= 15 is 0 Å². The minimum atomic E-state index is -0.374. The van der Waals surface area contributed by atoms with Gasteiger partial charge in [-0.2, -0.15) is 0 Å². The summed E-state index contributed by atoms with van der Waals surface area (Å²) >= 11 is 0. The third-order valence-corrected chi connectivity index (χ3v) is 1.20. The molecule has 0 aromatic carbocycles. The molecule has 1 aliphatic heterocycles. The number of aliphatic imine (C=N–C) groups is 1. The van der Waals surface area contributed by atoms with Gasteiger partial charge in [-0.15, -0.1) is 0 Å². The quantitative estimate of drug-likeness (QED) is 0.473. The normalized spacial score (nSPS) is 19.6. The molecule has 1 atom stereocenters. The second-order valence-electron chi connectivity index (χ2n) is 1.89. The van der Waals surface area contributed by atoms with Crippen molar-refractivity contribution in [2.45, 2.75) is 13.2 Å². The van der Waals surface area contributed by atoms with Gasteiger partial charge in [0.05, 0.1) is 12.9 Å². The molecule has 0 aromatic heterocycles. The fraction of sp³-hybridized carbons (Fsp3) is 0.800. The SMILES string of the molecule is CC(O)N1C=NCC1.[NaH]. The topological polar surface area (TPSA) is 35.8 Å². The summed E-state index contributed by atoms with van der Waals surface area (Å²) in [6.45, 7) is 3.42. The van der Waals surface area contributed by atoms with Gasteiger partial charge >= 0.3 is 29.6 Å². The maximum atomic E-state index is 8.89. The molecule has 1 N–H and O–H groups in total. The van der Waals surface area contributed by atoms with Crippen LogP contribution in [0, 0.1) is 0 Å². The van der Waals surface area contributed by atoms with Gasteiger partial charge in [-0.05, 0) is 6.92 Å². The van der Waals surface area contributed by atoms with E-state index in [1.54, 1.807) is 18.2 Å². The molecule has 0 radical (unpaired) electrons. The summed E-state index contributed by atoms with van der Waals surface area (Å²) in [6.07, 6.45) is 1.31. The summed E-state index contributed by atoms with van der Waals surface area (Å²) in [7, 11) is 0. The van der Waals surface area contributed by atoms with E-state index < -0.39 is 0 Å². The molecular formula is C5H11N2NaO. The van der Waals surface area contributed by atoms with Gasteiger partial charge in [0.25, 0.3) is 0 Å². The average Bonchev–Trinajstić information content (AvgIpc) is 2.12. The van der Waals surface area contributed by atoms with E-state index in [-0.39, 0.29) is 35.8 Å².